The van der Waals surface area contributed by atoms with Gasteiger partial charge >= 0.3 is 0 Å². The molecule has 3 aromatic heterocycles. The van der Waals surface area contributed by atoms with Crippen LogP contribution in [0.15, 0.2) is 170 Å². The van der Waals surface area contributed by atoms with E-state index in [0.29, 0.717) is 50.6 Å². The smallest absolute Gasteiger partial charge is 0.135 e. The van der Waals surface area contributed by atoms with Gasteiger partial charge in [-0.25, -0.2) is 4.98 Å². The van der Waals surface area contributed by atoms with E-state index in [1.54, 1.807) is 0 Å². The van der Waals surface area contributed by atoms with Crippen molar-refractivity contribution in [1.82, 2.24) is 14.1 Å². The molecule has 1 aliphatic heterocycles. The summed E-state index contributed by atoms with van der Waals surface area (Å²) in [5.74, 6) is 0.474. The minimum Gasteiger partial charge on any atom is -0.509 e. The van der Waals surface area contributed by atoms with Crippen molar-refractivity contribution in [3.05, 3.63) is 211 Å². The van der Waals surface area contributed by atoms with Gasteiger partial charge < -0.3 is 18.8 Å². The maximum atomic E-state index is 9.81. The van der Waals surface area contributed by atoms with Crippen molar-refractivity contribution in [3.63, 3.8) is 0 Å². The van der Waals surface area contributed by atoms with Crippen molar-refractivity contribution in [2.75, 3.05) is 4.90 Å². The van der Waals surface area contributed by atoms with E-state index < -0.39 is 37.3 Å². The second-order valence-corrected chi connectivity index (χ2v) is 21.9. The maximum absolute atomic E-state index is 9.81. The summed E-state index contributed by atoms with van der Waals surface area (Å²) in [7, 11) is 0. The Morgan fingerprint density at radius 2 is 1.15 bits per heavy atom. The molecule has 0 radical (unpaired) electrons. The quantitative estimate of drug-likeness (QED) is 0.156. The number of fused-ring (bicyclic) bond motifs is 10. The zero-order chi connectivity index (χ0) is 59.8. The molecule has 75 heavy (non-hydrogen) atoms. The van der Waals surface area contributed by atoms with E-state index in [1.165, 1.54) is 12.1 Å². The molecule has 0 aliphatic carbocycles. The monoisotopic (exact) mass is 1170 g/mol. The van der Waals surface area contributed by atoms with Gasteiger partial charge in [0.2, 0.25) is 0 Å². The fourth-order valence-electron chi connectivity index (χ4n) is 10.8. The first-order chi connectivity index (χ1) is 39.5. The second-order valence-electron chi connectivity index (χ2n) is 21.9. The van der Waals surface area contributed by atoms with Crippen LogP contribution in [0.4, 0.5) is 11.4 Å². The van der Waals surface area contributed by atoms with Gasteiger partial charge in [-0.2, -0.15) is 12.1 Å². The molecular weight excluding hydrogens is 1100 g/mol. The minimum atomic E-state index is -3.50. The van der Waals surface area contributed by atoms with Crippen LogP contribution >= 0.6 is 0 Å². The van der Waals surface area contributed by atoms with Gasteiger partial charge in [0.05, 0.1) is 0 Å². The van der Waals surface area contributed by atoms with Gasteiger partial charge in [0, 0.05) is 63.7 Å². The molecule has 4 heterocycles. The molecule has 0 fully saturated rings. The maximum Gasteiger partial charge on any atom is 0.135 e. The Morgan fingerprint density at radius 1 is 0.560 bits per heavy atom. The van der Waals surface area contributed by atoms with Crippen LogP contribution in [0.3, 0.4) is 0 Å². The number of hydrogen-bond acceptors (Lipinski definition) is 3. The molecule has 0 saturated carbocycles. The van der Waals surface area contributed by atoms with Crippen LogP contribution < -0.4 is 9.64 Å². The summed E-state index contributed by atoms with van der Waals surface area (Å²) >= 11 is 0. The molecule has 5 nitrogen and oxygen atoms in total. The molecule has 0 atom stereocenters. The number of ether oxygens (including phenoxy) is 1. The van der Waals surface area contributed by atoms with Crippen molar-refractivity contribution in [2.45, 2.75) is 98.1 Å². The van der Waals surface area contributed by atoms with Crippen LogP contribution in [0, 0.1) is 18.8 Å². The molecule has 6 heteroatoms. The largest absolute Gasteiger partial charge is 0.509 e. The van der Waals surface area contributed by atoms with Gasteiger partial charge in [0.25, 0.3) is 0 Å². The standard InChI is InChI=1S/C69H63N4O.Pt/c1-43(2)51-32-33-60-56-25-15-13-23-54(56)53-22-12-14-24-55(53)59-28-19-27-52(44-36-46(68(6,7)8)38-47(37-44)69(9,10)11)64(59)72-42-71(65(51)66(60)72)48-20-18-21-49(40-48)74-50-30-31-58-57-26-16-17-29-61(57)73(62(58)41-50)63-39-45(34-35-70-63)67(3,4)5;/h12-39,42-43H,1-11H3;/q-3;/i6D3,7D3,8D3,43D;. The third-order valence-corrected chi connectivity index (χ3v) is 14.6. The van der Waals surface area contributed by atoms with Crippen molar-refractivity contribution in [3.8, 4) is 28.4 Å². The summed E-state index contributed by atoms with van der Waals surface area (Å²) in [6.45, 7) is 7.54. The van der Waals surface area contributed by atoms with Gasteiger partial charge in [-0.15, -0.1) is 35.7 Å². The first-order valence-corrected chi connectivity index (χ1v) is 25.2. The van der Waals surface area contributed by atoms with E-state index in [9.17, 15) is 1.37 Å². The number of benzene rings is 8. The molecule has 0 unspecified atom stereocenters. The van der Waals surface area contributed by atoms with E-state index >= 15 is 0 Å². The molecule has 0 N–H and O–H groups in total. The number of hydrogen-bond donors (Lipinski definition) is 0. The second kappa shape index (κ2) is 18.5. The van der Waals surface area contributed by atoms with Gasteiger partial charge in [-0.1, -0.05) is 202 Å². The molecule has 0 bridgehead atoms. The molecule has 11 aromatic rings. The van der Waals surface area contributed by atoms with Crippen LogP contribution in [0.1, 0.15) is 118 Å². The molecule has 0 saturated heterocycles. The van der Waals surface area contributed by atoms with E-state index in [-0.39, 0.29) is 32.0 Å². The van der Waals surface area contributed by atoms with Crippen molar-refractivity contribution < 1.29 is 39.5 Å². The van der Waals surface area contributed by atoms with Crippen LogP contribution in [0.5, 0.6) is 11.5 Å². The number of para-hydroxylation sites is 2. The minimum absolute atomic E-state index is 0. The predicted molar refractivity (Wildman–Crippen MR) is 312 cm³/mol. The van der Waals surface area contributed by atoms with E-state index in [0.717, 1.165) is 71.0 Å². The SMILES string of the molecule is [2H]C(C)(C)c1ccc2c3ccccc3c3ccccc3c3cccc(-c4cc(C(C)(C)C)cc(C(C([2H])([2H])[2H])(C([2H])([2H])[2H])C([2H])([2H])[2H])c4)c3n3c2c1N(c1[c-]c(Oc2[c-]c4c(cc2)c2ccccc2n4-c2cc(C(C)(C)C)ccn2)ccc1)[CH-]3.[Pt]. The molecule has 378 valence electrons. The Labute approximate surface area is 470 Å². The third kappa shape index (κ3) is 8.64. The number of rotatable bonds is 6. The first-order valence-electron chi connectivity index (χ1n) is 30.2. The predicted octanol–water partition coefficient (Wildman–Crippen LogP) is 18.9. The van der Waals surface area contributed by atoms with Crippen molar-refractivity contribution >= 4 is 76.5 Å². The normalized spacial score (nSPS) is 15.4. The molecular formula is C69H63N4OPt-3. The van der Waals surface area contributed by atoms with Crippen LogP contribution in [0.25, 0.3) is 82.1 Å². The number of aromatic nitrogens is 3. The van der Waals surface area contributed by atoms with Crippen molar-refractivity contribution in [2.24, 2.45) is 0 Å². The van der Waals surface area contributed by atoms with Crippen LogP contribution in [0.2, 0.25) is 0 Å². The Hall–Kier alpha value is -7.33. The van der Waals surface area contributed by atoms with E-state index in [1.807, 2.05) is 143 Å². The summed E-state index contributed by atoms with van der Waals surface area (Å²) in [6.07, 6.45) is 1.85. The molecule has 0 amide bonds. The van der Waals surface area contributed by atoms with Gasteiger partial charge in [-0.05, 0) is 129 Å². The van der Waals surface area contributed by atoms with Crippen LogP contribution in [-0.4, -0.2) is 14.1 Å². The Kier molecular flexibility index (Phi) is 9.65. The molecule has 8 aromatic carbocycles. The van der Waals surface area contributed by atoms with Gasteiger partial charge in [-0.3, -0.25) is 0 Å². The molecule has 12 rings (SSSR count). The van der Waals surface area contributed by atoms with Crippen molar-refractivity contribution in [1.29, 1.82) is 0 Å². The van der Waals surface area contributed by atoms with E-state index in [4.69, 9.17) is 22.1 Å². The van der Waals surface area contributed by atoms with Gasteiger partial charge in [0.15, 0.2) is 0 Å². The Morgan fingerprint density at radius 3 is 1.81 bits per heavy atom. The first kappa shape index (κ1) is 39.1. The van der Waals surface area contributed by atoms with E-state index in [2.05, 4.69) is 103 Å². The summed E-state index contributed by atoms with van der Waals surface area (Å²) in [4.78, 5) is 6.90. The third-order valence-electron chi connectivity index (χ3n) is 14.6. The zero-order valence-electron chi connectivity index (χ0n) is 53.3. The average molecular weight is 1170 g/mol. The number of anilines is 2. The topological polar surface area (TPSA) is 35.2 Å². The fraction of sp³-hybridized carbons (Fsp3) is 0.217. The van der Waals surface area contributed by atoms with Crippen LogP contribution in [-0.2, 0) is 37.3 Å². The van der Waals surface area contributed by atoms with Gasteiger partial charge in [0.1, 0.15) is 5.82 Å². The summed E-state index contributed by atoms with van der Waals surface area (Å²) in [6, 6.07) is 60.5. The zero-order valence-corrected chi connectivity index (χ0v) is 45.5. The number of nitrogens with zero attached hydrogens (tertiary/aromatic N) is 4. The summed E-state index contributed by atoms with van der Waals surface area (Å²) < 4.78 is 100. The summed E-state index contributed by atoms with van der Waals surface area (Å²) in [5.41, 5.74) is 3.45. The molecule has 0 spiro atoms. The molecule has 1 aliphatic rings. The fourth-order valence-corrected chi connectivity index (χ4v) is 10.8. The number of pyridine rings is 1. The Bertz CT molecular complexity index is 4520. The summed E-state index contributed by atoms with van der Waals surface area (Å²) in [5, 5.41) is 7.41. The Balaban J connectivity index is 0.00000752. The average Bonchev–Trinajstić information content (AvgIpc) is 2.48.